The lowest BCUT2D eigenvalue weighted by atomic mass is 9.99. The molecule has 0 spiro atoms. The Labute approximate surface area is 98.7 Å². The summed E-state index contributed by atoms with van der Waals surface area (Å²) in [5.41, 5.74) is 0.858. The zero-order valence-electron chi connectivity index (χ0n) is 11.3. The molecule has 0 nitrogen and oxygen atoms in total. The summed E-state index contributed by atoms with van der Waals surface area (Å²) in [6.07, 6.45) is 0.936. The van der Waals surface area contributed by atoms with Crippen LogP contribution < -0.4 is 0 Å². The molecule has 0 amide bonds. The van der Waals surface area contributed by atoms with E-state index in [0.717, 1.165) is 12.0 Å². The average Bonchev–Trinajstić information content (AvgIpc) is 2.36. The molecule has 0 aliphatic carbocycles. The Bertz CT molecular complexity index is 269. The van der Waals surface area contributed by atoms with Gasteiger partial charge in [0.05, 0.1) is 0 Å². The van der Waals surface area contributed by atoms with Crippen LogP contribution in [0.25, 0.3) is 0 Å². The first-order valence-electron chi connectivity index (χ1n) is 6.10. The van der Waals surface area contributed by atoms with Gasteiger partial charge in [-0.1, -0.05) is 47.6 Å². The number of hydrogen-bond acceptors (Lipinski definition) is 0. The van der Waals surface area contributed by atoms with Crippen molar-refractivity contribution in [2.75, 3.05) is 0 Å². The van der Waals surface area contributed by atoms with E-state index < -0.39 is 11.6 Å². The highest BCUT2D eigenvalue weighted by molar-refractivity contribution is 5.20. The van der Waals surface area contributed by atoms with Crippen molar-refractivity contribution in [1.82, 2.24) is 0 Å². The lowest BCUT2D eigenvalue weighted by Gasteiger charge is -2.08. The molecule has 0 aliphatic rings. The van der Waals surface area contributed by atoms with Gasteiger partial charge >= 0.3 is 0 Å². The second-order valence-electron chi connectivity index (χ2n) is 2.98. The van der Waals surface area contributed by atoms with Crippen LogP contribution >= 0.6 is 0 Å². The largest absolute Gasteiger partial charge is 0.204 e. The molecule has 1 atom stereocenters. The van der Waals surface area contributed by atoms with Crippen LogP contribution in [-0.2, 0) is 0 Å². The molecule has 0 fully saturated rings. The summed E-state index contributed by atoms with van der Waals surface area (Å²) in [7, 11) is 0. The molecule has 0 aliphatic heterocycles. The Kier molecular flexibility index (Phi) is 11.6. The zero-order valence-corrected chi connectivity index (χ0v) is 11.3. The summed E-state index contributed by atoms with van der Waals surface area (Å²) < 4.78 is 25.2. The summed E-state index contributed by atoms with van der Waals surface area (Å²) in [6, 6.07) is 4.08. The minimum atomic E-state index is -0.776. The fourth-order valence-corrected chi connectivity index (χ4v) is 1.05. The fraction of sp³-hybridized carbons (Fsp3) is 0.571. The van der Waals surface area contributed by atoms with Gasteiger partial charge in [-0.2, -0.15) is 0 Å². The van der Waals surface area contributed by atoms with Gasteiger partial charge in [0.2, 0.25) is 0 Å². The minimum absolute atomic E-state index is 0.292. The van der Waals surface area contributed by atoms with Crippen LogP contribution in [0.4, 0.5) is 8.78 Å². The third-order valence-electron chi connectivity index (χ3n) is 2.13. The highest BCUT2D eigenvalue weighted by Crippen LogP contribution is 2.20. The number of halogens is 2. The molecule has 1 unspecified atom stereocenters. The van der Waals surface area contributed by atoms with Crippen molar-refractivity contribution in [3.63, 3.8) is 0 Å². The quantitative estimate of drug-likeness (QED) is 0.626. The fourth-order valence-electron chi connectivity index (χ4n) is 1.05. The molecule has 1 aromatic rings. The maximum absolute atomic E-state index is 12.7. The summed E-state index contributed by atoms with van der Waals surface area (Å²) in [4.78, 5) is 0. The second-order valence-corrected chi connectivity index (χ2v) is 2.98. The van der Waals surface area contributed by atoms with Crippen molar-refractivity contribution in [3.8, 4) is 0 Å². The first-order chi connectivity index (χ1) is 7.65. The molecule has 2 heteroatoms. The Balaban J connectivity index is 0. The number of hydrogen-bond donors (Lipinski definition) is 0. The van der Waals surface area contributed by atoms with Crippen molar-refractivity contribution < 1.29 is 8.78 Å². The van der Waals surface area contributed by atoms with Crippen molar-refractivity contribution in [2.45, 2.75) is 53.9 Å². The van der Waals surface area contributed by atoms with E-state index in [-0.39, 0.29) is 0 Å². The normalized spacial score (nSPS) is 10.5. The van der Waals surface area contributed by atoms with Crippen molar-refractivity contribution >= 4 is 0 Å². The summed E-state index contributed by atoms with van der Waals surface area (Å²) in [5.74, 6) is -1.24. The standard InChI is InChI=1S/C10H12F2.2C2H6/c1-3-7(2)8-4-5-9(11)10(12)6-8;2*1-2/h4-7H,3H2,1-2H3;2*1-2H3. The third kappa shape index (κ3) is 5.84. The van der Waals surface area contributed by atoms with Crippen molar-refractivity contribution in [3.05, 3.63) is 35.4 Å². The molecule has 0 saturated carbocycles. The second kappa shape index (κ2) is 10.6. The molecule has 94 valence electrons. The minimum Gasteiger partial charge on any atom is -0.204 e. The average molecular weight is 230 g/mol. The van der Waals surface area contributed by atoms with Crippen LogP contribution in [0.15, 0.2) is 18.2 Å². The third-order valence-corrected chi connectivity index (χ3v) is 2.13. The maximum atomic E-state index is 12.7. The van der Waals surface area contributed by atoms with Gasteiger partial charge in [-0.05, 0) is 30.0 Å². The van der Waals surface area contributed by atoms with Gasteiger partial charge in [-0.15, -0.1) is 0 Å². The Morgan fingerprint density at radius 3 is 1.88 bits per heavy atom. The van der Waals surface area contributed by atoms with E-state index in [9.17, 15) is 8.78 Å². The van der Waals surface area contributed by atoms with Crippen LogP contribution in [0.2, 0.25) is 0 Å². The first kappa shape index (κ1) is 17.5. The van der Waals surface area contributed by atoms with E-state index >= 15 is 0 Å². The lowest BCUT2D eigenvalue weighted by molar-refractivity contribution is 0.505. The molecule has 0 aromatic heterocycles. The van der Waals surface area contributed by atoms with Gasteiger partial charge in [-0.25, -0.2) is 8.78 Å². The monoisotopic (exact) mass is 230 g/mol. The predicted molar refractivity (Wildman–Crippen MR) is 67.8 cm³/mol. The molecular weight excluding hydrogens is 206 g/mol. The Morgan fingerprint density at radius 2 is 1.50 bits per heavy atom. The molecular formula is C14H24F2. The molecule has 0 bridgehead atoms. The Hall–Kier alpha value is -0.920. The first-order valence-corrected chi connectivity index (χ1v) is 6.10. The molecule has 1 aromatic carbocycles. The van der Waals surface area contributed by atoms with Crippen LogP contribution in [0.1, 0.15) is 59.4 Å². The van der Waals surface area contributed by atoms with E-state index in [2.05, 4.69) is 0 Å². The van der Waals surface area contributed by atoms with E-state index in [4.69, 9.17) is 0 Å². The SMILES string of the molecule is CC.CC.CCC(C)c1ccc(F)c(F)c1. The molecule has 16 heavy (non-hydrogen) atoms. The van der Waals surface area contributed by atoms with E-state index in [0.29, 0.717) is 5.92 Å². The van der Waals surface area contributed by atoms with Gasteiger partial charge in [0, 0.05) is 0 Å². The summed E-state index contributed by atoms with van der Waals surface area (Å²) in [5, 5.41) is 0. The highest BCUT2D eigenvalue weighted by atomic mass is 19.2. The van der Waals surface area contributed by atoms with Crippen molar-refractivity contribution in [1.29, 1.82) is 0 Å². The van der Waals surface area contributed by atoms with E-state index in [1.165, 1.54) is 12.1 Å². The van der Waals surface area contributed by atoms with Gasteiger partial charge in [0.25, 0.3) is 0 Å². The Morgan fingerprint density at radius 1 is 1.00 bits per heavy atom. The van der Waals surface area contributed by atoms with Crippen LogP contribution in [0, 0.1) is 11.6 Å². The number of benzene rings is 1. The van der Waals surface area contributed by atoms with Gasteiger partial charge in [-0.3, -0.25) is 0 Å². The van der Waals surface area contributed by atoms with Crippen LogP contribution in [0.3, 0.4) is 0 Å². The molecule has 0 radical (unpaired) electrons. The van der Waals surface area contributed by atoms with Gasteiger partial charge in [0.15, 0.2) is 11.6 Å². The van der Waals surface area contributed by atoms with Gasteiger partial charge < -0.3 is 0 Å². The van der Waals surface area contributed by atoms with Crippen molar-refractivity contribution in [2.24, 2.45) is 0 Å². The molecule has 1 rings (SSSR count). The highest BCUT2D eigenvalue weighted by Gasteiger charge is 2.06. The van der Waals surface area contributed by atoms with E-state index in [1.807, 2.05) is 41.5 Å². The van der Waals surface area contributed by atoms with E-state index in [1.54, 1.807) is 6.07 Å². The van der Waals surface area contributed by atoms with Crippen LogP contribution in [0.5, 0.6) is 0 Å². The number of rotatable bonds is 2. The topological polar surface area (TPSA) is 0 Å². The lowest BCUT2D eigenvalue weighted by Crippen LogP contribution is -1.93. The zero-order chi connectivity index (χ0) is 13.1. The van der Waals surface area contributed by atoms with Gasteiger partial charge in [0.1, 0.15) is 0 Å². The smallest absolute Gasteiger partial charge is 0.159 e. The molecule has 0 saturated heterocycles. The summed E-state index contributed by atoms with van der Waals surface area (Å²) >= 11 is 0. The molecule has 0 heterocycles. The maximum Gasteiger partial charge on any atom is 0.159 e. The summed E-state index contributed by atoms with van der Waals surface area (Å²) in [6.45, 7) is 12.0. The molecule has 0 N–H and O–H groups in total. The van der Waals surface area contributed by atoms with Crippen LogP contribution in [-0.4, -0.2) is 0 Å². The predicted octanol–water partition coefficient (Wildman–Crippen LogP) is 5.53.